The van der Waals surface area contributed by atoms with E-state index in [0.29, 0.717) is 0 Å². The summed E-state index contributed by atoms with van der Waals surface area (Å²) in [6.45, 7) is 0.000000000000000222. The van der Waals surface area contributed by atoms with Crippen molar-refractivity contribution in [3.63, 3.8) is 0 Å². The highest BCUT2D eigenvalue weighted by atomic mass is 16.4. The van der Waals surface area contributed by atoms with Gasteiger partial charge in [0.25, 0.3) is 5.91 Å². The maximum atomic E-state index is 11.0. The molecule has 0 unspecified atom stereocenters. The number of hydrogen-bond donors (Lipinski definition) is 2. The number of rotatable bonds is 1. The van der Waals surface area contributed by atoms with Gasteiger partial charge in [0.1, 0.15) is 6.04 Å². The molecule has 1 rings (SSSR count). The van der Waals surface area contributed by atoms with Crippen LogP contribution in [0.5, 0.6) is 0 Å². The Hall–Kier alpha value is -1.54. The van der Waals surface area contributed by atoms with E-state index < -0.39 is 24.0 Å². The average Bonchev–Trinajstić information content (AvgIpc) is 2.46. The molecule has 5 heteroatoms. The topological polar surface area (TPSA) is 77.8 Å². The Balaban J connectivity index is 2.79. The molecule has 1 heterocycles. The number of nitrogens with zero attached hydrogens (tertiary/aromatic N) is 1. The van der Waals surface area contributed by atoms with Gasteiger partial charge in [0.05, 0.1) is 6.10 Å². The zero-order valence-electron chi connectivity index (χ0n) is 6.80. The molecule has 1 saturated heterocycles. The van der Waals surface area contributed by atoms with Gasteiger partial charge in [-0.25, -0.2) is 4.79 Å². The number of aliphatic hydroxyl groups excluding tert-OH is 1. The molecule has 13 heavy (non-hydrogen) atoms. The van der Waals surface area contributed by atoms with Crippen molar-refractivity contribution in [2.75, 3.05) is 6.54 Å². The Labute approximate surface area is 75.0 Å². The maximum Gasteiger partial charge on any atom is 0.326 e. The number of likely N-dealkylation sites (tertiary alicyclic amines) is 1. The van der Waals surface area contributed by atoms with Gasteiger partial charge in [-0.1, -0.05) is 0 Å². The molecule has 70 valence electrons. The molecule has 2 N–H and O–H groups in total. The fourth-order valence-corrected chi connectivity index (χ4v) is 1.36. The smallest absolute Gasteiger partial charge is 0.326 e. The van der Waals surface area contributed by atoms with Crippen LogP contribution in [0.15, 0.2) is 0 Å². The molecule has 0 aromatic carbocycles. The van der Waals surface area contributed by atoms with Crippen LogP contribution in [-0.2, 0) is 9.59 Å². The Kier molecular flexibility index (Phi) is 2.54. The van der Waals surface area contributed by atoms with Crippen molar-refractivity contribution in [1.29, 1.82) is 0 Å². The van der Waals surface area contributed by atoms with Crippen LogP contribution in [0.4, 0.5) is 0 Å². The molecule has 0 saturated carbocycles. The molecular formula is C8H9NO4. The van der Waals surface area contributed by atoms with Crippen LogP contribution in [0, 0.1) is 12.3 Å². The van der Waals surface area contributed by atoms with E-state index in [9.17, 15) is 9.59 Å². The van der Waals surface area contributed by atoms with E-state index in [1.165, 1.54) is 0 Å². The minimum absolute atomic E-state index is 0.000000000000000222. The lowest BCUT2D eigenvalue weighted by Gasteiger charge is -2.17. The van der Waals surface area contributed by atoms with Crippen molar-refractivity contribution in [2.24, 2.45) is 0 Å². The van der Waals surface area contributed by atoms with Crippen LogP contribution < -0.4 is 0 Å². The van der Waals surface area contributed by atoms with Crippen LogP contribution in [-0.4, -0.2) is 45.7 Å². The number of aliphatic hydroxyl groups is 1. The van der Waals surface area contributed by atoms with Crippen LogP contribution in [0.25, 0.3) is 0 Å². The Morgan fingerprint density at radius 2 is 2.15 bits per heavy atom. The van der Waals surface area contributed by atoms with Gasteiger partial charge in [0, 0.05) is 13.0 Å². The molecule has 2 atom stereocenters. The first-order valence-electron chi connectivity index (χ1n) is 3.74. The predicted octanol–water partition coefficient (Wildman–Crippen LogP) is -1.33. The number of β-amino-alcohol motifs (C(OH)–C–C–N with tert-alkyl or cyclic N) is 1. The summed E-state index contributed by atoms with van der Waals surface area (Å²) >= 11 is 0. The second kappa shape index (κ2) is 3.46. The Morgan fingerprint density at radius 3 is 2.62 bits per heavy atom. The molecule has 0 aromatic rings. The minimum atomic E-state index is -1.14. The summed E-state index contributed by atoms with van der Waals surface area (Å²) in [6, 6.07) is -0.987. The maximum absolute atomic E-state index is 11.0. The quantitative estimate of drug-likeness (QED) is 0.493. The van der Waals surface area contributed by atoms with Gasteiger partial charge in [-0.05, 0) is 5.92 Å². The standard InChI is InChI=1S/C8H9NO4/c1-2-7(11)9-4-5(10)3-6(9)8(12)13/h1,5-6,10H,3-4H2,(H,12,13)/t5-,6-/m1/s1. The summed E-state index contributed by atoms with van der Waals surface area (Å²) < 4.78 is 0. The summed E-state index contributed by atoms with van der Waals surface area (Å²) in [5, 5.41) is 17.8. The molecule has 0 bridgehead atoms. The van der Waals surface area contributed by atoms with E-state index in [2.05, 4.69) is 0 Å². The fraction of sp³-hybridized carbons (Fsp3) is 0.500. The molecule has 0 aliphatic carbocycles. The number of carboxylic acid groups (broad SMARTS) is 1. The molecule has 0 spiro atoms. The van der Waals surface area contributed by atoms with Crippen molar-refractivity contribution in [2.45, 2.75) is 18.6 Å². The zero-order chi connectivity index (χ0) is 10.0. The van der Waals surface area contributed by atoms with E-state index in [1.807, 2.05) is 5.92 Å². The third-order valence-corrected chi connectivity index (χ3v) is 1.95. The first kappa shape index (κ1) is 9.55. The minimum Gasteiger partial charge on any atom is -0.480 e. The molecule has 0 aromatic heterocycles. The Morgan fingerprint density at radius 1 is 1.54 bits per heavy atom. The lowest BCUT2D eigenvalue weighted by molar-refractivity contribution is -0.146. The number of terminal acetylenes is 1. The largest absolute Gasteiger partial charge is 0.480 e. The first-order valence-corrected chi connectivity index (χ1v) is 3.74. The van der Waals surface area contributed by atoms with Crippen molar-refractivity contribution < 1.29 is 19.8 Å². The molecule has 5 nitrogen and oxygen atoms in total. The lowest BCUT2D eigenvalue weighted by atomic mass is 10.2. The van der Waals surface area contributed by atoms with E-state index in [4.69, 9.17) is 16.6 Å². The molecule has 1 aliphatic heterocycles. The number of carboxylic acids is 1. The number of carbonyl (C=O) groups excluding carboxylic acids is 1. The van der Waals surface area contributed by atoms with Gasteiger partial charge in [-0.2, -0.15) is 0 Å². The van der Waals surface area contributed by atoms with Gasteiger partial charge in [0.15, 0.2) is 0 Å². The average molecular weight is 183 g/mol. The van der Waals surface area contributed by atoms with Crippen LogP contribution in [0.3, 0.4) is 0 Å². The number of hydrogen-bond acceptors (Lipinski definition) is 3. The van der Waals surface area contributed by atoms with E-state index in [0.717, 1.165) is 4.90 Å². The van der Waals surface area contributed by atoms with Gasteiger partial charge in [-0.15, -0.1) is 6.42 Å². The normalized spacial score (nSPS) is 26.9. The van der Waals surface area contributed by atoms with Crippen LogP contribution in [0.1, 0.15) is 6.42 Å². The summed E-state index contributed by atoms with van der Waals surface area (Å²) in [7, 11) is 0. The zero-order valence-corrected chi connectivity index (χ0v) is 6.80. The molecular weight excluding hydrogens is 174 g/mol. The van der Waals surface area contributed by atoms with Gasteiger partial charge in [0.2, 0.25) is 0 Å². The summed E-state index contributed by atoms with van der Waals surface area (Å²) in [6.07, 6.45) is 4.10. The lowest BCUT2D eigenvalue weighted by Crippen LogP contribution is -2.39. The highest BCUT2D eigenvalue weighted by molar-refractivity contribution is 5.96. The molecule has 0 radical (unpaired) electrons. The fourth-order valence-electron chi connectivity index (χ4n) is 1.36. The SMILES string of the molecule is C#CC(=O)N1C[C@H](O)C[C@@H]1C(=O)O. The summed E-state index contributed by atoms with van der Waals surface area (Å²) in [4.78, 5) is 22.6. The number of amides is 1. The van der Waals surface area contributed by atoms with Crippen molar-refractivity contribution >= 4 is 11.9 Å². The highest BCUT2D eigenvalue weighted by Crippen LogP contribution is 2.17. The third-order valence-electron chi connectivity index (χ3n) is 1.95. The van der Waals surface area contributed by atoms with E-state index >= 15 is 0 Å². The molecule has 1 fully saturated rings. The number of carbonyl (C=O) groups is 2. The van der Waals surface area contributed by atoms with Crippen LogP contribution in [0.2, 0.25) is 0 Å². The summed E-state index contributed by atoms with van der Waals surface area (Å²) in [5.74, 6) is -0.00468. The molecule has 1 amide bonds. The van der Waals surface area contributed by atoms with Crippen molar-refractivity contribution in [1.82, 2.24) is 4.90 Å². The highest BCUT2D eigenvalue weighted by Gasteiger charge is 2.38. The first-order chi connectivity index (χ1) is 6.06. The third kappa shape index (κ3) is 1.79. The number of aliphatic carboxylic acids is 1. The second-order valence-electron chi connectivity index (χ2n) is 2.85. The predicted molar refractivity (Wildman–Crippen MR) is 42.6 cm³/mol. The van der Waals surface area contributed by atoms with E-state index in [1.54, 1.807) is 0 Å². The van der Waals surface area contributed by atoms with E-state index in [-0.39, 0.29) is 13.0 Å². The van der Waals surface area contributed by atoms with Gasteiger partial charge < -0.3 is 15.1 Å². The molecule has 1 aliphatic rings. The van der Waals surface area contributed by atoms with Gasteiger partial charge in [-0.3, -0.25) is 4.79 Å². The summed E-state index contributed by atoms with van der Waals surface area (Å²) in [5.41, 5.74) is 0. The van der Waals surface area contributed by atoms with Gasteiger partial charge >= 0.3 is 5.97 Å². The Bertz CT molecular complexity index is 280. The monoisotopic (exact) mass is 183 g/mol. The van der Waals surface area contributed by atoms with Crippen LogP contribution >= 0.6 is 0 Å². The van der Waals surface area contributed by atoms with Crippen molar-refractivity contribution in [3.05, 3.63) is 0 Å². The van der Waals surface area contributed by atoms with Crippen molar-refractivity contribution in [3.8, 4) is 12.3 Å². The second-order valence-corrected chi connectivity index (χ2v) is 2.85.